The molecule has 0 saturated heterocycles. The maximum atomic E-state index is 9.97. The molecule has 0 heterocycles. The van der Waals surface area contributed by atoms with Gasteiger partial charge in [-0.2, -0.15) is 0 Å². The molecule has 0 aliphatic carbocycles. The van der Waals surface area contributed by atoms with Crippen molar-refractivity contribution in [3.63, 3.8) is 0 Å². The van der Waals surface area contributed by atoms with E-state index in [-0.39, 0.29) is 0 Å². The zero-order chi connectivity index (χ0) is 7.28. The Hall–Kier alpha value is -1.14. The van der Waals surface area contributed by atoms with E-state index >= 15 is 0 Å². The minimum absolute atomic E-state index is 0.833. The summed E-state index contributed by atoms with van der Waals surface area (Å²) < 4.78 is 0. The second kappa shape index (κ2) is 3.81. The lowest BCUT2D eigenvalue weighted by Gasteiger charge is -1.91. The molecule has 0 aromatic heterocycles. The molecule has 6 heteroatoms. The zero-order valence-corrected chi connectivity index (χ0v) is 4.23. The summed E-state index contributed by atoms with van der Waals surface area (Å²) in [6.45, 7) is 0. The third-order valence-corrected chi connectivity index (χ3v) is 0.426. The molecule has 9 heavy (non-hydrogen) atoms. The maximum Gasteiger partial charge on any atom is 0.356 e. The summed E-state index contributed by atoms with van der Waals surface area (Å²) in [6, 6.07) is 0. The molecule has 6 nitrogen and oxygen atoms in total. The first kappa shape index (κ1) is 7.86. The molecule has 0 bridgehead atoms. The van der Waals surface area contributed by atoms with Crippen molar-refractivity contribution in [2.45, 2.75) is 6.42 Å². The van der Waals surface area contributed by atoms with Crippen molar-refractivity contribution < 1.29 is 29.9 Å². The molecule has 0 rings (SSSR count). The Morgan fingerprint density at radius 3 is 2.33 bits per heavy atom. The van der Waals surface area contributed by atoms with Crippen LogP contribution in [0.2, 0.25) is 0 Å². The molecule has 0 unspecified atom stereocenters. The average molecular weight is 136 g/mol. The van der Waals surface area contributed by atoms with Crippen LogP contribution in [0.5, 0.6) is 0 Å². The Kier molecular flexibility index (Phi) is 3.33. The number of carbonyl (C=O) groups excluding carboxylic acids is 1. The van der Waals surface area contributed by atoms with Gasteiger partial charge in [0.1, 0.15) is 6.42 Å². The van der Waals surface area contributed by atoms with Gasteiger partial charge in [-0.05, 0) is 5.04 Å². The van der Waals surface area contributed by atoms with Crippen LogP contribution in [-0.4, -0.2) is 22.3 Å². The molecule has 0 aliphatic rings. The average Bonchev–Trinajstić information content (AvgIpc) is 1.63. The molecule has 0 radical (unpaired) electrons. The van der Waals surface area contributed by atoms with Crippen molar-refractivity contribution in [1.82, 2.24) is 0 Å². The highest BCUT2D eigenvalue weighted by molar-refractivity contribution is 5.89. The number of carboxylic acids is 1. The molecule has 0 aromatic rings. The summed E-state index contributed by atoms with van der Waals surface area (Å²) in [5, 5.41) is 18.2. The van der Waals surface area contributed by atoms with Gasteiger partial charge in [-0.25, -0.2) is 10.1 Å². The Labute approximate surface area is 49.5 Å². The Morgan fingerprint density at radius 2 is 2.00 bits per heavy atom. The van der Waals surface area contributed by atoms with E-state index in [1.165, 1.54) is 0 Å². The topological polar surface area (TPSA) is 93.1 Å². The van der Waals surface area contributed by atoms with Gasteiger partial charge in [0.05, 0.1) is 0 Å². The third kappa shape index (κ3) is 4.72. The van der Waals surface area contributed by atoms with Crippen LogP contribution in [0.15, 0.2) is 0 Å². The van der Waals surface area contributed by atoms with Crippen LogP contribution in [0.1, 0.15) is 6.42 Å². The predicted octanol–water partition coefficient (Wildman–Crippen LogP) is -0.591. The van der Waals surface area contributed by atoms with Crippen LogP contribution in [0.4, 0.5) is 0 Å². The van der Waals surface area contributed by atoms with E-state index in [4.69, 9.17) is 10.4 Å². The Morgan fingerprint density at radius 1 is 1.44 bits per heavy atom. The largest absolute Gasteiger partial charge is 0.481 e. The second-order valence-corrected chi connectivity index (χ2v) is 1.10. The SMILES string of the molecule is O=C(O)CC(=O)OOO. The number of hydrogen-bond acceptors (Lipinski definition) is 5. The third-order valence-electron chi connectivity index (χ3n) is 0.426. The minimum atomic E-state index is -1.35. The van der Waals surface area contributed by atoms with Crippen molar-refractivity contribution in [2.24, 2.45) is 0 Å². The first-order valence-corrected chi connectivity index (χ1v) is 1.89. The molecule has 0 atom stereocenters. The number of rotatable bonds is 3. The van der Waals surface area contributed by atoms with E-state index < -0.39 is 18.4 Å². The van der Waals surface area contributed by atoms with Gasteiger partial charge in [0, 0.05) is 0 Å². The first-order valence-electron chi connectivity index (χ1n) is 1.89. The summed E-state index contributed by atoms with van der Waals surface area (Å²) in [6.07, 6.45) is -0.833. The van der Waals surface area contributed by atoms with E-state index in [0.29, 0.717) is 0 Å². The molecule has 0 saturated carbocycles. The molecule has 0 aromatic carbocycles. The molecular weight excluding hydrogens is 132 g/mol. The van der Waals surface area contributed by atoms with Crippen LogP contribution >= 0.6 is 0 Å². The fourth-order valence-electron chi connectivity index (χ4n) is 0.195. The lowest BCUT2D eigenvalue weighted by Crippen LogP contribution is -2.09. The molecule has 2 N–H and O–H groups in total. The predicted molar refractivity (Wildman–Crippen MR) is 22.1 cm³/mol. The Bertz CT molecular complexity index is 117. The zero-order valence-electron chi connectivity index (χ0n) is 4.23. The van der Waals surface area contributed by atoms with Gasteiger partial charge >= 0.3 is 11.9 Å². The molecule has 0 spiro atoms. The van der Waals surface area contributed by atoms with E-state index in [1.54, 1.807) is 0 Å². The highest BCUT2D eigenvalue weighted by atomic mass is 17.5. The van der Waals surface area contributed by atoms with Gasteiger partial charge in [-0.15, -0.1) is 0 Å². The second-order valence-electron chi connectivity index (χ2n) is 1.10. The molecule has 52 valence electrons. The van der Waals surface area contributed by atoms with Crippen molar-refractivity contribution >= 4 is 11.9 Å². The van der Waals surface area contributed by atoms with E-state index in [9.17, 15) is 9.59 Å². The van der Waals surface area contributed by atoms with Crippen molar-refractivity contribution in [3.05, 3.63) is 0 Å². The number of aliphatic carboxylic acids is 1. The standard InChI is InChI=1S/C3H4O6/c4-2(5)1-3(6)8-9-7/h7H,1H2,(H,4,5). The van der Waals surface area contributed by atoms with Crippen LogP contribution in [0.3, 0.4) is 0 Å². The molecular formula is C3H4O6. The number of hydrogen-bond donors (Lipinski definition) is 2. The monoisotopic (exact) mass is 136 g/mol. The van der Waals surface area contributed by atoms with Gasteiger partial charge < -0.3 is 5.11 Å². The highest BCUT2D eigenvalue weighted by Crippen LogP contribution is 1.84. The fourth-order valence-corrected chi connectivity index (χ4v) is 0.195. The number of carbonyl (C=O) groups is 2. The van der Waals surface area contributed by atoms with Gasteiger partial charge in [0.15, 0.2) is 0 Å². The molecule has 0 amide bonds. The van der Waals surface area contributed by atoms with Gasteiger partial charge in [0.25, 0.3) is 0 Å². The maximum absolute atomic E-state index is 9.97. The summed E-state index contributed by atoms with van der Waals surface area (Å²) in [5.74, 6) is -2.51. The lowest BCUT2D eigenvalue weighted by molar-refractivity contribution is -0.462. The quantitative estimate of drug-likeness (QED) is 0.306. The van der Waals surface area contributed by atoms with E-state index in [0.717, 1.165) is 0 Å². The van der Waals surface area contributed by atoms with Crippen molar-refractivity contribution in [1.29, 1.82) is 0 Å². The normalized spacial score (nSPS) is 8.56. The van der Waals surface area contributed by atoms with Gasteiger partial charge in [-0.1, -0.05) is 0 Å². The Balaban J connectivity index is 3.39. The molecule has 0 aliphatic heterocycles. The van der Waals surface area contributed by atoms with Crippen LogP contribution < -0.4 is 0 Å². The van der Waals surface area contributed by atoms with E-state index in [2.05, 4.69) is 9.93 Å². The summed E-state index contributed by atoms with van der Waals surface area (Å²) >= 11 is 0. The smallest absolute Gasteiger partial charge is 0.356 e. The van der Waals surface area contributed by atoms with Crippen molar-refractivity contribution in [2.75, 3.05) is 0 Å². The van der Waals surface area contributed by atoms with Crippen LogP contribution in [0, 0.1) is 0 Å². The summed E-state index contributed by atoms with van der Waals surface area (Å²) in [7, 11) is 0. The molecule has 0 fully saturated rings. The number of carboxylic acid groups (broad SMARTS) is 1. The van der Waals surface area contributed by atoms with Gasteiger partial charge in [0.2, 0.25) is 0 Å². The van der Waals surface area contributed by atoms with Gasteiger partial charge in [-0.3, -0.25) is 9.68 Å². The summed E-state index contributed by atoms with van der Waals surface area (Å²) in [5.41, 5.74) is 0. The van der Waals surface area contributed by atoms with Crippen molar-refractivity contribution in [3.8, 4) is 0 Å². The lowest BCUT2D eigenvalue weighted by atomic mass is 10.5. The highest BCUT2D eigenvalue weighted by Gasteiger charge is 2.08. The van der Waals surface area contributed by atoms with Crippen LogP contribution in [0.25, 0.3) is 0 Å². The minimum Gasteiger partial charge on any atom is -0.481 e. The first-order chi connectivity index (χ1) is 4.16. The summed E-state index contributed by atoms with van der Waals surface area (Å²) in [4.78, 5) is 23.0. The fraction of sp³-hybridized carbons (Fsp3) is 0.333. The van der Waals surface area contributed by atoms with Crippen LogP contribution in [-0.2, 0) is 19.5 Å². The van der Waals surface area contributed by atoms with E-state index in [1.807, 2.05) is 0 Å².